The van der Waals surface area contributed by atoms with Crippen molar-refractivity contribution in [1.29, 1.82) is 0 Å². The van der Waals surface area contributed by atoms with E-state index in [2.05, 4.69) is 22.0 Å². The summed E-state index contributed by atoms with van der Waals surface area (Å²) in [5.41, 5.74) is 0.301. The van der Waals surface area contributed by atoms with Crippen molar-refractivity contribution >= 4 is 0 Å². The minimum Gasteiger partial charge on any atom is -0.389 e. The van der Waals surface area contributed by atoms with E-state index in [9.17, 15) is 5.11 Å². The highest BCUT2D eigenvalue weighted by Gasteiger charge is 2.35. The molecule has 2 unspecified atom stereocenters. The number of nitrogens with zero attached hydrogens (tertiary/aromatic N) is 2. The van der Waals surface area contributed by atoms with Crippen LogP contribution in [0.5, 0.6) is 0 Å². The van der Waals surface area contributed by atoms with Crippen LogP contribution >= 0.6 is 0 Å². The molecule has 2 atom stereocenters. The van der Waals surface area contributed by atoms with E-state index in [1.807, 2.05) is 6.92 Å². The molecule has 4 nitrogen and oxygen atoms in total. The summed E-state index contributed by atoms with van der Waals surface area (Å²) in [5.74, 6) is 0.240. The number of hydrogen-bond acceptors (Lipinski definition) is 3. The van der Waals surface area contributed by atoms with Gasteiger partial charge in [-0.3, -0.25) is 4.68 Å². The van der Waals surface area contributed by atoms with Gasteiger partial charge in [0.05, 0.1) is 23.9 Å². The standard InChI is InChI=1S/C15H24N2O2/c1-15(18,12-7-9-19-11-12)10-13-6-8-17(16-13)14-4-2-3-5-14/h6,8,12,14,18H,2-5,7,9-11H2,1H3. The summed E-state index contributed by atoms with van der Waals surface area (Å²) >= 11 is 0. The molecule has 106 valence electrons. The molecule has 1 N–H and O–H groups in total. The van der Waals surface area contributed by atoms with Gasteiger partial charge in [-0.2, -0.15) is 5.10 Å². The molecule has 2 aliphatic rings. The fourth-order valence-electron chi connectivity index (χ4n) is 3.38. The maximum absolute atomic E-state index is 10.6. The van der Waals surface area contributed by atoms with Crippen molar-refractivity contribution in [2.75, 3.05) is 13.2 Å². The molecular formula is C15H24N2O2. The summed E-state index contributed by atoms with van der Waals surface area (Å²) in [6.07, 6.45) is 8.78. The first-order valence-electron chi connectivity index (χ1n) is 7.49. The van der Waals surface area contributed by atoms with Crippen LogP contribution in [0.2, 0.25) is 0 Å². The Labute approximate surface area is 114 Å². The van der Waals surface area contributed by atoms with E-state index in [1.165, 1.54) is 25.7 Å². The van der Waals surface area contributed by atoms with Crippen LogP contribution in [0.1, 0.15) is 50.8 Å². The Bertz CT molecular complexity index is 416. The monoisotopic (exact) mass is 264 g/mol. The van der Waals surface area contributed by atoms with Gasteiger partial charge in [0.25, 0.3) is 0 Å². The molecule has 1 aromatic rings. The molecule has 1 aromatic heterocycles. The third-order valence-corrected chi connectivity index (χ3v) is 4.71. The van der Waals surface area contributed by atoms with Gasteiger partial charge in [-0.15, -0.1) is 0 Å². The third-order valence-electron chi connectivity index (χ3n) is 4.71. The van der Waals surface area contributed by atoms with Crippen molar-refractivity contribution < 1.29 is 9.84 Å². The van der Waals surface area contributed by atoms with E-state index < -0.39 is 5.60 Å². The molecule has 3 rings (SSSR count). The summed E-state index contributed by atoms with van der Waals surface area (Å²) in [5, 5.41) is 15.3. The molecule has 0 radical (unpaired) electrons. The van der Waals surface area contributed by atoms with Crippen LogP contribution < -0.4 is 0 Å². The number of rotatable bonds is 4. The molecule has 19 heavy (non-hydrogen) atoms. The molecule has 1 aliphatic carbocycles. The molecule has 0 aromatic carbocycles. The number of hydrogen-bond donors (Lipinski definition) is 1. The molecule has 1 saturated carbocycles. The highest BCUT2D eigenvalue weighted by molar-refractivity contribution is 5.05. The lowest BCUT2D eigenvalue weighted by molar-refractivity contribution is -0.00544. The lowest BCUT2D eigenvalue weighted by Gasteiger charge is -2.28. The van der Waals surface area contributed by atoms with Crippen molar-refractivity contribution in [2.45, 2.75) is 57.1 Å². The zero-order valence-electron chi connectivity index (χ0n) is 11.7. The van der Waals surface area contributed by atoms with Crippen molar-refractivity contribution in [3.8, 4) is 0 Å². The topological polar surface area (TPSA) is 47.3 Å². The van der Waals surface area contributed by atoms with Crippen LogP contribution in [0.25, 0.3) is 0 Å². The smallest absolute Gasteiger partial charge is 0.0726 e. The molecule has 4 heteroatoms. The van der Waals surface area contributed by atoms with Crippen LogP contribution in [0.4, 0.5) is 0 Å². The van der Waals surface area contributed by atoms with Gasteiger partial charge in [-0.05, 0) is 32.3 Å². The minimum absolute atomic E-state index is 0.240. The average molecular weight is 264 g/mol. The molecular weight excluding hydrogens is 240 g/mol. The van der Waals surface area contributed by atoms with Crippen molar-refractivity contribution in [3.63, 3.8) is 0 Å². The second-order valence-electron chi connectivity index (χ2n) is 6.32. The number of aliphatic hydroxyl groups is 1. The average Bonchev–Trinajstić information content (AvgIpc) is 3.11. The van der Waals surface area contributed by atoms with Crippen LogP contribution in [0.3, 0.4) is 0 Å². The number of aromatic nitrogens is 2. The molecule has 0 bridgehead atoms. The largest absolute Gasteiger partial charge is 0.389 e. The Kier molecular flexibility index (Phi) is 3.63. The van der Waals surface area contributed by atoms with Gasteiger partial charge >= 0.3 is 0 Å². The first-order valence-corrected chi connectivity index (χ1v) is 7.49. The van der Waals surface area contributed by atoms with E-state index in [0.717, 1.165) is 18.7 Å². The summed E-state index contributed by atoms with van der Waals surface area (Å²) in [4.78, 5) is 0. The Morgan fingerprint density at radius 3 is 2.89 bits per heavy atom. The molecule has 2 fully saturated rings. The Morgan fingerprint density at radius 1 is 1.42 bits per heavy atom. The zero-order chi connectivity index (χ0) is 13.3. The quantitative estimate of drug-likeness (QED) is 0.908. The number of ether oxygens (including phenoxy) is 1. The molecule has 1 aliphatic heterocycles. The van der Waals surface area contributed by atoms with E-state index in [1.54, 1.807) is 0 Å². The maximum atomic E-state index is 10.6. The first kappa shape index (κ1) is 13.1. The highest BCUT2D eigenvalue weighted by Crippen LogP contribution is 2.31. The van der Waals surface area contributed by atoms with Crippen LogP contribution in [0, 0.1) is 5.92 Å². The van der Waals surface area contributed by atoms with E-state index in [4.69, 9.17) is 4.74 Å². The van der Waals surface area contributed by atoms with Gasteiger partial charge in [-0.1, -0.05) is 12.8 Å². The first-order chi connectivity index (χ1) is 9.15. The van der Waals surface area contributed by atoms with Crippen molar-refractivity contribution in [1.82, 2.24) is 9.78 Å². The molecule has 0 amide bonds. The predicted molar refractivity (Wildman–Crippen MR) is 73.0 cm³/mol. The Balaban J connectivity index is 1.65. The van der Waals surface area contributed by atoms with Gasteiger partial charge in [0.1, 0.15) is 0 Å². The van der Waals surface area contributed by atoms with Gasteiger partial charge in [-0.25, -0.2) is 0 Å². The normalized spacial score (nSPS) is 27.8. The lowest BCUT2D eigenvalue weighted by Crippen LogP contribution is -2.37. The van der Waals surface area contributed by atoms with E-state index in [-0.39, 0.29) is 5.92 Å². The summed E-state index contributed by atoms with van der Waals surface area (Å²) < 4.78 is 7.48. The molecule has 0 spiro atoms. The minimum atomic E-state index is -0.703. The fourth-order valence-corrected chi connectivity index (χ4v) is 3.38. The van der Waals surface area contributed by atoms with Crippen LogP contribution in [0.15, 0.2) is 12.3 Å². The van der Waals surface area contributed by atoms with E-state index >= 15 is 0 Å². The Hall–Kier alpha value is -0.870. The molecule has 1 saturated heterocycles. The zero-order valence-corrected chi connectivity index (χ0v) is 11.7. The molecule has 2 heterocycles. The second kappa shape index (κ2) is 5.25. The van der Waals surface area contributed by atoms with E-state index in [0.29, 0.717) is 19.1 Å². The summed E-state index contributed by atoms with van der Waals surface area (Å²) in [6.45, 7) is 3.37. The lowest BCUT2D eigenvalue weighted by atomic mass is 9.85. The maximum Gasteiger partial charge on any atom is 0.0726 e. The van der Waals surface area contributed by atoms with Gasteiger partial charge in [0.2, 0.25) is 0 Å². The third kappa shape index (κ3) is 2.84. The highest BCUT2D eigenvalue weighted by atomic mass is 16.5. The van der Waals surface area contributed by atoms with Gasteiger partial charge in [0, 0.05) is 25.1 Å². The van der Waals surface area contributed by atoms with Crippen LogP contribution in [-0.2, 0) is 11.2 Å². The fraction of sp³-hybridized carbons (Fsp3) is 0.800. The summed E-state index contributed by atoms with van der Waals surface area (Å²) in [6, 6.07) is 2.64. The second-order valence-corrected chi connectivity index (χ2v) is 6.32. The van der Waals surface area contributed by atoms with Crippen molar-refractivity contribution in [2.24, 2.45) is 5.92 Å². The SMILES string of the molecule is CC(O)(Cc1ccn(C2CCCC2)n1)C1CCOC1. The summed E-state index contributed by atoms with van der Waals surface area (Å²) in [7, 11) is 0. The van der Waals surface area contributed by atoms with Gasteiger partial charge < -0.3 is 9.84 Å². The Morgan fingerprint density at radius 2 is 2.21 bits per heavy atom. The predicted octanol–water partition coefficient (Wildman–Crippen LogP) is 2.33. The van der Waals surface area contributed by atoms with Crippen molar-refractivity contribution in [3.05, 3.63) is 18.0 Å². The van der Waals surface area contributed by atoms with Crippen LogP contribution in [-0.4, -0.2) is 33.7 Å². The van der Waals surface area contributed by atoms with Gasteiger partial charge in [0.15, 0.2) is 0 Å².